The van der Waals surface area contributed by atoms with Crippen molar-refractivity contribution < 1.29 is 48.3 Å². The van der Waals surface area contributed by atoms with Crippen LogP contribution in [0.2, 0.25) is 0 Å². The van der Waals surface area contributed by atoms with E-state index < -0.39 is 53.4 Å². The van der Waals surface area contributed by atoms with Crippen LogP contribution in [0.1, 0.15) is 148 Å². The average Bonchev–Trinajstić information content (AvgIpc) is 3.75. The second-order valence-corrected chi connectivity index (χ2v) is 19.6. The number of fused-ring (bicyclic) bond motifs is 2. The molecule has 3 amide bonds. The molecule has 3 N–H and O–H groups in total. The summed E-state index contributed by atoms with van der Waals surface area (Å²) in [7, 11) is 1.53. The topological polar surface area (TPSA) is 164 Å². The fraction of sp³-hybridized carbons (Fsp3) is 0.872. The standard InChI is InChI=1S/C47H73N3O10/c1-57-27-28-59-46(56)49-36-20-12-11-19-35(36)47(45(49)55)38(43(53)48-29-37(52)30-13-5-2-6-14-30)40-44(54)60-41(32-17-9-4-10-18-32)39(31-15-7-3-8-16-31)50(40)42(47)33-21-23-34(24-22-33)58-26-25-51/h30-34,37-42,51-52H,2-29H2,1H3,(H,48,53)/t33?,34?,37-,38-,39-,40-,41+,42+,47-/m0/s1. The van der Waals surface area contributed by atoms with Gasteiger partial charge in [0, 0.05) is 25.4 Å². The maximum atomic E-state index is 16.1. The highest BCUT2D eigenvalue weighted by molar-refractivity contribution is 6.07. The highest BCUT2D eigenvalue weighted by Crippen LogP contribution is 2.64. The quantitative estimate of drug-likeness (QED) is 0.144. The van der Waals surface area contributed by atoms with E-state index in [0.29, 0.717) is 18.5 Å². The number of aliphatic hydroxyl groups excluding tert-OH is 2. The van der Waals surface area contributed by atoms with Crippen molar-refractivity contribution in [3.05, 3.63) is 11.3 Å². The van der Waals surface area contributed by atoms with Crippen LogP contribution in [0.5, 0.6) is 0 Å². The molecule has 8 rings (SSSR count). The van der Waals surface area contributed by atoms with Gasteiger partial charge in [-0.2, -0.15) is 0 Å². The van der Waals surface area contributed by atoms with Crippen molar-refractivity contribution in [3.63, 3.8) is 0 Å². The number of esters is 1. The Morgan fingerprint density at radius 2 is 1.45 bits per heavy atom. The lowest BCUT2D eigenvalue weighted by molar-refractivity contribution is -0.190. The van der Waals surface area contributed by atoms with Crippen LogP contribution < -0.4 is 5.32 Å². The molecule has 2 saturated heterocycles. The zero-order valence-electron chi connectivity index (χ0n) is 36.2. The largest absolute Gasteiger partial charge is 0.459 e. The Morgan fingerprint density at radius 1 is 0.800 bits per heavy atom. The van der Waals surface area contributed by atoms with Gasteiger partial charge in [-0.05, 0) is 119 Å². The summed E-state index contributed by atoms with van der Waals surface area (Å²) in [6.07, 6.45) is 19.4. The van der Waals surface area contributed by atoms with Crippen LogP contribution >= 0.6 is 0 Å². The Balaban J connectivity index is 1.28. The third kappa shape index (κ3) is 8.32. The molecule has 0 bridgehead atoms. The normalized spacial score (nSPS) is 35.3. The van der Waals surface area contributed by atoms with E-state index >= 15 is 14.4 Å². The summed E-state index contributed by atoms with van der Waals surface area (Å²) in [6, 6.07) is -1.74. The van der Waals surface area contributed by atoms with Crippen LogP contribution in [0.3, 0.4) is 0 Å². The summed E-state index contributed by atoms with van der Waals surface area (Å²) in [5.41, 5.74) is -0.0694. The molecule has 13 nitrogen and oxygen atoms in total. The van der Waals surface area contributed by atoms with Crippen LogP contribution in [-0.2, 0) is 33.3 Å². The number of rotatable bonds is 13. The first-order valence-corrected chi connectivity index (χ1v) is 24.2. The zero-order chi connectivity index (χ0) is 41.8. The van der Waals surface area contributed by atoms with Gasteiger partial charge in [0.15, 0.2) is 0 Å². The molecular weight excluding hydrogens is 767 g/mol. The second-order valence-electron chi connectivity index (χ2n) is 19.6. The number of allylic oxidation sites excluding steroid dienone is 1. The van der Waals surface area contributed by atoms with E-state index in [-0.39, 0.29) is 74.9 Å². The van der Waals surface area contributed by atoms with Gasteiger partial charge < -0.3 is 34.5 Å². The monoisotopic (exact) mass is 840 g/mol. The molecule has 5 aliphatic carbocycles. The summed E-state index contributed by atoms with van der Waals surface area (Å²) < 4.78 is 23.9. The van der Waals surface area contributed by atoms with Gasteiger partial charge in [0.05, 0.1) is 44.0 Å². The van der Waals surface area contributed by atoms with E-state index in [2.05, 4.69) is 10.2 Å². The third-order valence-corrected chi connectivity index (χ3v) is 16.4. The lowest BCUT2D eigenvalue weighted by Gasteiger charge is -2.53. The molecular formula is C47H73N3O10. The van der Waals surface area contributed by atoms with E-state index in [1.807, 2.05) is 0 Å². The number of carbonyl (C=O) groups is 4. The molecule has 0 aromatic rings. The number of ether oxygens (including phenoxy) is 4. The molecule has 7 atom stereocenters. The van der Waals surface area contributed by atoms with Gasteiger partial charge in [0.25, 0.3) is 0 Å². The first kappa shape index (κ1) is 44.0. The number of methoxy groups -OCH3 is 1. The van der Waals surface area contributed by atoms with Crippen molar-refractivity contribution in [3.8, 4) is 0 Å². The number of nitrogens with one attached hydrogen (secondary N) is 1. The fourth-order valence-electron chi connectivity index (χ4n) is 13.8. The van der Waals surface area contributed by atoms with Crippen LogP contribution in [0.4, 0.5) is 4.79 Å². The number of cyclic esters (lactones) is 1. The van der Waals surface area contributed by atoms with Crippen molar-refractivity contribution in [1.82, 2.24) is 15.1 Å². The number of nitrogens with zero attached hydrogens (tertiary/aromatic N) is 2. The number of imide groups is 1. The molecule has 336 valence electrons. The Labute approximate surface area is 357 Å². The lowest BCUT2D eigenvalue weighted by atomic mass is 9.60. The van der Waals surface area contributed by atoms with Crippen molar-refractivity contribution in [2.45, 2.75) is 184 Å². The Bertz CT molecular complexity index is 1550. The minimum Gasteiger partial charge on any atom is -0.459 e. The molecule has 3 aliphatic heterocycles. The SMILES string of the molecule is COCCOC(=O)N1C(=O)[C@@]2(C3=C1CCCC3)[C@H](C(=O)NC[C@H](O)C1CCCCC1)[C@H]1C(=O)O[C@H](C3CCCCC3)[C@H](C3CCCCC3)N1[C@@H]2C1CCC(OCCO)CC1. The molecule has 3 heterocycles. The fourth-order valence-corrected chi connectivity index (χ4v) is 13.8. The van der Waals surface area contributed by atoms with Gasteiger partial charge in [-0.15, -0.1) is 0 Å². The van der Waals surface area contributed by atoms with Crippen LogP contribution in [0, 0.1) is 35.0 Å². The highest BCUT2D eigenvalue weighted by atomic mass is 16.6. The summed E-state index contributed by atoms with van der Waals surface area (Å²) in [6.45, 7) is 0.404. The van der Waals surface area contributed by atoms with Crippen molar-refractivity contribution in [1.29, 1.82) is 0 Å². The summed E-state index contributed by atoms with van der Waals surface area (Å²) in [5, 5.41) is 24.2. The minimum absolute atomic E-state index is 0.0210. The van der Waals surface area contributed by atoms with Gasteiger partial charge in [-0.25, -0.2) is 9.69 Å². The number of carbonyl (C=O) groups excluding carboxylic acids is 4. The van der Waals surface area contributed by atoms with Gasteiger partial charge >= 0.3 is 12.1 Å². The zero-order valence-corrected chi connectivity index (χ0v) is 36.2. The van der Waals surface area contributed by atoms with Crippen LogP contribution in [0.25, 0.3) is 0 Å². The molecule has 13 heteroatoms. The Kier molecular flexibility index (Phi) is 14.6. The first-order valence-electron chi connectivity index (χ1n) is 24.2. The van der Waals surface area contributed by atoms with E-state index in [4.69, 9.17) is 18.9 Å². The van der Waals surface area contributed by atoms with Crippen LogP contribution in [-0.4, -0.2) is 120 Å². The number of amides is 3. The molecule has 60 heavy (non-hydrogen) atoms. The predicted molar refractivity (Wildman–Crippen MR) is 222 cm³/mol. The van der Waals surface area contributed by atoms with Crippen molar-refractivity contribution >= 4 is 23.9 Å². The Hall–Kier alpha value is -2.58. The average molecular weight is 840 g/mol. The smallest absolute Gasteiger partial charge is 0.421 e. The third-order valence-electron chi connectivity index (χ3n) is 16.4. The van der Waals surface area contributed by atoms with Gasteiger partial charge in [0.1, 0.15) is 24.2 Å². The van der Waals surface area contributed by atoms with E-state index in [9.17, 15) is 15.0 Å². The van der Waals surface area contributed by atoms with Crippen LogP contribution in [0.15, 0.2) is 11.3 Å². The molecule has 0 aromatic carbocycles. The number of hydrogen-bond donors (Lipinski definition) is 3. The lowest BCUT2D eigenvalue weighted by Crippen LogP contribution is -2.66. The number of hydrogen-bond acceptors (Lipinski definition) is 11. The molecule has 0 aromatic heterocycles. The van der Waals surface area contributed by atoms with Crippen molar-refractivity contribution in [2.75, 3.05) is 40.1 Å². The van der Waals surface area contributed by atoms with E-state index in [1.165, 1.54) is 18.4 Å². The summed E-state index contributed by atoms with van der Waals surface area (Å²) in [5.74, 6) is -2.04. The molecule has 4 saturated carbocycles. The second kappa shape index (κ2) is 19.9. The van der Waals surface area contributed by atoms with E-state index in [0.717, 1.165) is 134 Å². The molecule has 8 aliphatic rings. The predicted octanol–water partition coefficient (Wildman–Crippen LogP) is 6.17. The number of aliphatic hydroxyl groups is 2. The molecule has 0 unspecified atom stereocenters. The van der Waals surface area contributed by atoms with Crippen molar-refractivity contribution in [2.24, 2.45) is 35.0 Å². The highest BCUT2D eigenvalue weighted by Gasteiger charge is 2.77. The summed E-state index contributed by atoms with van der Waals surface area (Å²) in [4.78, 5) is 64.9. The summed E-state index contributed by atoms with van der Waals surface area (Å²) >= 11 is 0. The molecule has 6 fully saturated rings. The first-order chi connectivity index (χ1) is 29.3. The minimum atomic E-state index is -1.52. The van der Waals surface area contributed by atoms with Gasteiger partial charge in [-0.1, -0.05) is 57.8 Å². The van der Waals surface area contributed by atoms with Gasteiger partial charge in [0.2, 0.25) is 11.8 Å². The van der Waals surface area contributed by atoms with E-state index in [1.54, 1.807) is 0 Å². The maximum absolute atomic E-state index is 16.1. The maximum Gasteiger partial charge on any atom is 0.421 e. The molecule has 1 spiro atoms. The number of morpholine rings is 1. The van der Waals surface area contributed by atoms with Gasteiger partial charge in [-0.3, -0.25) is 19.3 Å². The Morgan fingerprint density at radius 3 is 2.12 bits per heavy atom. The molecule has 0 radical (unpaired) electrons.